The molecular weight excluding hydrogens is 238 g/mol. The Morgan fingerprint density at radius 3 is 2.68 bits per heavy atom. The van der Waals surface area contributed by atoms with Gasteiger partial charge in [-0.1, -0.05) is 13.8 Å². The van der Waals surface area contributed by atoms with Crippen molar-refractivity contribution in [3.8, 4) is 0 Å². The summed E-state index contributed by atoms with van der Waals surface area (Å²) in [6.07, 6.45) is 1.10. The summed E-state index contributed by atoms with van der Waals surface area (Å²) in [5.41, 5.74) is 8.28. The van der Waals surface area contributed by atoms with Crippen LogP contribution in [0, 0.1) is 5.92 Å². The van der Waals surface area contributed by atoms with Gasteiger partial charge >= 0.3 is 0 Å². The van der Waals surface area contributed by atoms with Crippen LogP contribution in [-0.2, 0) is 0 Å². The van der Waals surface area contributed by atoms with E-state index in [0.29, 0.717) is 23.7 Å². The molecule has 4 heteroatoms. The maximum atomic E-state index is 11.8. The molecule has 3 N–H and O–H groups in total. The van der Waals surface area contributed by atoms with Crippen molar-refractivity contribution >= 4 is 17.3 Å². The Labute approximate surface area is 116 Å². The number of rotatable bonds is 6. The molecule has 0 atom stereocenters. The Hall–Kier alpha value is -1.71. The number of benzene rings is 1. The van der Waals surface area contributed by atoms with Crippen molar-refractivity contribution in [2.45, 2.75) is 27.2 Å². The molecular formula is C15H25N3O. The molecule has 4 nitrogen and oxygen atoms in total. The number of amides is 1. The van der Waals surface area contributed by atoms with Gasteiger partial charge in [0.2, 0.25) is 0 Å². The Balaban J connectivity index is 2.87. The molecule has 0 aliphatic heterocycles. The normalized spacial score (nSPS) is 10.6. The van der Waals surface area contributed by atoms with E-state index in [1.807, 2.05) is 20.0 Å². The van der Waals surface area contributed by atoms with Crippen LogP contribution in [-0.4, -0.2) is 26.0 Å². The van der Waals surface area contributed by atoms with Crippen LogP contribution >= 0.6 is 0 Å². The highest BCUT2D eigenvalue weighted by molar-refractivity contribution is 5.96. The summed E-state index contributed by atoms with van der Waals surface area (Å²) in [4.78, 5) is 13.9. The van der Waals surface area contributed by atoms with Gasteiger partial charge in [-0.2, -0.15) is 0 Å². The lowest BCUT2D eigenvalue weighted by Gasteiger charge is -2.22. The van der Waals surface area contributed by atoms with E-state index < -0.39 is 0 Å². The van der Waals surface area contributed by atoms with E-state index in [-0.39, 0.29) is 5.91 Å². The Bertz CT molecular complexity index is 429. The summed E-state index contributed by atoms with van der Waals surface area (Å²) >= 11 is 0. The van der Waals surface area contributed by atoms with E-state index in [2.05, 4.69) is 24.1 Å². The van der Waals surface area contributed by atoms with Crippen molar-refractivity contribution in [3.05, 3.63) is 23.8 Å². The average molecular weight is 263 g/mol. The number of nitrogens with zero attached hydrogens (tertiary/aromatic N) is 1. The van der Waals surface area contributed by atoms with E-state index in [0.717, 1.165) is 18.7 Å². The SMILES string of the molecule is CCNC(=O)c1ccc(N)c(N(C)CCC(C)C)c1. The van der Waals surface area contributed by atoms with E-state index >= 15 is 0 Å². The standard InChI is InChI=1S/C15H25N3O/c1-5-17-15(19)12-6-7-13(16)14(10-12)18(4)9-8-11(2)3/h6-7,10-11H,5,8-9,16H2,1-4H3,(H,17,19). The molecule has 0 radical (unpaired) electrons. The van der Waals surface area contributed by atoms with Gasteiger partial charge in [-0.15, -0.1) is 0 Å². The van der Waals surface area contributed by atoms with Crippen LogP contribution in [0.15, 0.2) is 18.2 Å². The maximum Gasteiger partial charge on any atom is 0.251 e. The van der Waals surface area contributed by atoms with E-state index in [9.17, 15) is 4.79 Å². The van der Waals surface area contributed by atoms with Crippen LogP contribution in [0.1, 0.15) is 37.6 Å². The van der Waals surface area contributed by atoms with Crippen molar-refractivity contribution in [3.63, 3.8) is 0 Å². The zero-order valence-corrected chi connectivity index (χ0v) is 12.4. The van der Waals surface area contributed by atoms with E-state index in [4.69, 9.17) is 5.73 Å². The number of hydrogen-bond donors (Lipinski definition) is 2. The molecule has 0 heterocycles. The minimum Gasteiger partial charge on any atom is -0.397 e. The van der Waals surface area contributed by atoms with E-state index in [1.54, 1.807) is 12.1 Å². The second kappa shape index (κ2) is 7.02. The van der Waals surface area contributed by atoms with Gasteiger partial charge in [-0.3, -0.25) is 4.79 Å². The molecule has 0 aliphatic carbocycles. The second-order valence-corrected chi connectivity index (χ2v) is 5.24. The highest BCUT2D eigenvalue weighted by atomic mass is 16.1. The lowest BCUT2D eigenvalue weighted by atomic mass is 10.1. The fraction of sp³-hybridized carbons (Fsp3) is 0.533. The highest BCUT2D eigenvalue weighted by Crippen LogP contribution is 2.24. The third-order valence-corrected chi connectivity index (χ3v) is 3.08. The van der Waals surface area contributed by atoms with Crippen molar-refractivity contribution < 1.29 is 4.79 Å². The minimum atomic E-state index is -0.0546. The number of hydrogen-bond acceptors (Lipinski definition) is 3. The monoisotopic (exact) mass is 263 g/mol. The first kappa shape index (κ1) is 15.3. The molecule has 106 valence electrons. The zero-order valence-electron chi connectivity index (χ0n) is 12.4. The number of nitrogen functional groups attached to an aromatic ring is 1. The summed E-state index contributed by atoms with van der Waals surface area (Å²) in [6.45, 7) is 7.86. The van der Waals surface area contributed by atoms with Crippen molar-refractivity contribution in [1.82, 2.24) is 5.32 Å². The van der Waals surface area contributed by atoms with Crippen molar-refractivity contribution in [2.24, 2.45) is 5.92 Å². The lowest BCUT2D eigenvalue weighted by Crippen LogP contribution is -2.24. The smallest absolute Gasteiger partial charge is 0.251 e. The molecule has 0 saturated heterocycles. The molecule has 0 fully saturated rings. The fourth-order valence-corrected chi connectivity index (χ4v) is 1.85. The summed E-state index contributed by atoms with van der Waals surface area (Å²) in [5.74, 6) is 0.594. The van der Waals surface area contributed by atoms with Gasteiger partial charge in [0.25, 0.3) is 5.91 Å². The summed E-state index contributed by atoms with van der Waals surface area (Å²) in [6, 6.07) is 5.42. The maximum absolute atomic E-state index is 11.8. The molecule has 1 aromatic rings. The Morgan fingerprint density at radius 1 is 1.42 bits per heavy atom. The number of carbonyl (C=O) groups is 1. The summed E-state index contributed by atoms with van der Waals surface area (Å²) in [7, 11) is 2.01. The van der Waals surface area contributed by atoms with Gasteiger partial charge in [0.05, 0.1) is 11.4 Å². The van der Waals surface area contributed by atoms with Gasteiger partial charge in [0.1, 0.15) is 0 Å². The molecule has 0 unspecified atom stereocenters. The average Bonchev–Trinajstić information content (AvgIpc) is 2.36. The molecule has 0 bridgehead atoms. The van der Waals surface area contributed by atoms with Crippen molar-refractivity contribution in [1.29, 1.82) is 0 Å². The quantitative estimate of drug-likeness (QED) is 0.775. The van der Waals surface area contributed by atoms with Crippen LogP contribution < -0.4 is 16.0 Å². The Morgan fingerprint density at radius 2 is 2.11 bits per heavy atom. The first-order valence-corrected chi connectivity index (χ1v) is 6.84. The third kappa shape index (κ3) is 4.47. The predicted molar refractivity (Wildman–Crippen MR) is 81.6 cm³/mol. The fourth-order valence-electron chi connectivity index (χ4n) is 1.85. The van der Waals surface area contributed by atoms with Crippen LogP contribution in [0.5, 0.6) is 0 Å². The Kier molecular flexibility index (Phi) is 5.67. The van der Waals surface area contributed by atoms with Gasteiger partial charge < -0.3 is 16.0 Å². The van der Waals surface area contributed by atoms with Crippen LogP contribution in [0.25, 0.3) is 0 Å². The first-order valence-electron chi connectivity index (χ1n) is 6.84. The lowest BCUT2D eigenvalue weighted by molar-refractivity contribution is 0.0956. The summed E-state index contributed by atoms with van der Waals surface area (Å²) in [5, 5.41) is 2.80. The number of nitrogens with two attached hydrogens (primary N) is 1. The summed E-state index contributed by atoms with van der Waals surface area (Å²) < 4.78 is 0. The second-order valence-electron chi connectivity index (χ2n) is 5.24. The predicted octanol–water partition coefficient (Wildman–Crippen LogP) is 2.50. The number of nitrogens with one attached hydrogen (secondary N) is 1. The molecule has 0 spiro atoms. The molecule has 19 heavy (non-hydrogen) atoms. The molecule has 1 rings (SSSR count). The zero-order chi connectivity index (χ0) is 14.4. The third-order valence-electron chi connectivity index (χ3n) is 3.08. The van der Waals surface area contributed by atoms with Crippen LogP contribution in [0.3, 0.4) is 0 Å². The van der Waals surface area contributed by atoms with Gasteiger partial charge in [0, 0.05) is 25.7 Å². The number of anilines is 2. The van der Waals surface area contributed by atoms with Crippen LogP contribution in [0.4, 0.5) is 11.4 Å². The molecule has 1 aromatic carbocycles. The van der Waals surface area contributed by atoms with Gasteiger partial charge in [-0.05, 0) is 37.5 Å². The molecule has 0 aromatic heterocycles. The van der Waals surface area contributed by atoms with Crippen LogP contribution in [0.2, 0.25) is 0 Å². The van der Waals surface area contributed by atoms with Gasteiger partial charge in [0.15, 0.2) is 0 Å². The molecule has 0 aliphatic rings. The first-order chi connectivity index (χ1) is 8.95. The van der Waals surface area contributed by atoms with Crippen molar-refractivity contribution in [2.75, 3.05) is 30.8 Å². The minimum absolute atomic E-state index is 0.0546. The largest absolute Gasteiger partial charge is 0.397 e. The topological polar surface area (TPSA) is 58.4 Å². The van der Waals surface area contributed by atoms with Gasteiger partial charge in [-0.25, -0.2) is 0 Å². The molecule has 0 saturated carbocycles. The highest BCUT2D eigenvalue weighted by Gasteiger charge is 2.11. The van der Waals surface area contributed by atoms with E-state index in [1.165, 1.54) is 0 Å². The molecule has 1 amide bonds. The number of carbonyl (C=O) groups excluding carboxylic acids is 1.